The van der Waals surface area contributed by atoms with E-state index in [-0.39, 0.29) is 17.9 Å². The third-order valence-electron chi connectivity index (χ3n) is 3.85. The Labute approximate surface area is 118 Å². The van der Waals surface area contributed by atoms with Gasteiger partial charge in [-0.25, -0.2) is 4.98 Å². The molecule has 0 unspecified atom stereocenters. The van der Waals surface area contributed by atoms with Crippen LogP contribution in [-0.4, -0.2) is 33.4 Å². The summed E-state index contributed by atoms with van der Waals surface area (Å²) in [5, 5.41) is 0. The number of hydrogen-bond donors (Lipinski definition) is 1. The van der Waals surface area contributed by atoms with Crippen molar-refractivity contribution in [3.8, 4) is 11.3 Å². The molecule has 1 aromatic heterocycles. The molecule has 0 saturated carbocycles. The molecule has 1 aliphatic heterocycles. The first kappa shape index (κ1) is 12.9. The van der Waals surface area contributed by atoms with E-state index >= 15 is 0 Å². The number of nitrogens with zero attached hydrogens (tertiary/aromatic N) is 2. The highest BCUT2D eigenvalue weighted by molar-refractivity contribution is 5.79. The minimum Gasteiger partial charge on any atom is -0.342 e. The van der Waals surface area contributed by atoms with Crippen LogP contribution in [0.15, 0.2) is 36.5 Å². The number of aromatic nitrogens is 2. The monoisotopic (exact) mass is 269 g/mol. The van der Waals surface area contributed by atoms with Gasteiger partial charge in [-0.05, 0) is 19.4 Å². The molecule has 4 heteroatoms. The van der Waals surface area contributed by atoms with E-state index in [1.807, 2.05) is 29.3 Å². The lowest BCUT2D eigenvalue weighted by atomic mass is 10.1. The fraction of sp³-hybridized carbons (Fsp3) is 0.375. The summed E-state index contributed by atoms with van der Waals surface area (Å²) < 4.78 is 0. The molecule has 0 aliphatic carbocycles. The van der Waals surface area contributed by atoms with Gasteiger partial charge in [-0.3, -0.25) is 4.79 Å². The van der Waals surface area contributed by atoms with Crippen molar-refractivity contribution >= 4 is 5.91 Å². The van der Waals surface area contributed by atoms with Gasteiger partial charge in [-0.2, -0.15) is 0 Å². The quantitative estimate of drug-likeness (QED) is 0.931. The predicted molar refractivity (Wildman–Crippen MR) is 78.2 cm³/mol. The molecule has 1 aromatic carbocycles. The van der Waals surface area contributed by atoms with Crippen molar-refractivity contribution in [3.63, 3.8) is 0 Å². The van der Waals surface area contributed by atoms with Crippen LogP contribution in [0.1, 0.15) is 32.0 Å². The summed E-state index contributed by atoms with van der Waals surface area (Å²) in [5.74, 6) is 1.32. The first-order valence-electron chi connectivity index (χ1n) is 7.05. The minimum atomic E-state index is 0.183. The lowest BCUT2D eigenvalue weighted by Crippen LogP contribution is -2.31. The number of likely N-dealkylation sites (tertiary alicyclic amines) is 1. The molecular weight excluding hydrogens is 250 g/mol. The van der Waals surface area contributed by atoms with Crippen LogP contribution in [0.2, 0.25) is 0 Å². The molecule has 1 saturated heterocycles. The van der Waals surface area contributed by atoms with E-state index in [0.29, 0.717) is 6.42 Å². The maximum Gasteiger partial charge on any atom is 0.223 e. The second-order valence-electron chi connectivity index (χ2n) is 5.59. The van der Waals surface area contributed by atoms with Gasteiger partial charge in [0.2, 0.25) is 5.91 Å². The van der Waals surface area contributed by atoms with E-state index < -0.39 is 0 Å². The zero-order valence-electron chi connectivity index (χ0n) is 11.8. The van der Waals surface area contributed by atoms with Gasteiger partial charge in [0, 0.05) is 24.9 Å². The second kappa shape index (κ2) is 5.12. The third-order valence-corrected chi connectivity index (χ3v) is 3.85. The first-order valence-corrected chi connectivity index (χ1v) is 7.05. The maximum absolute atomic E-state index is 12.0. The molecule has 0 radical (unpaired) electrons. The molecule has 1 N–H and O–H groups in total. The molecule has 20 heavy (non-hydrogen) atoms. The summed E-state index contributed by atoms with van der Waals surface area (Å²) in [6.45, 7) is 4.87. The normalized spacial score (nSPS) is 19.1. The third kappa shape index (κ3) is 2.33. The zero-order chi connectivity index (χ0) is 14.1. The number of hydrogen-bond acceptors (Lipinski definition) is 2. The molecule has 1 aliphatic rings. The molecule has 0 spiro atoms. The number of nitrogens with one attached hydrogen (secondary N) is 1. The van der Waals surface area contributed by atoms with Crippen molar-refractivity contribution < 1.29 is 4.79 Å². The van der Waals surface area contributed by atoms with Gasteiger partial charge in [0.15, 0.2) is 0 Å². The molecule has 4 nitrogen and oxygen atoms in total. The standard InChI is InChI=1S/C16H19N3O/c1-11(2)19-10-13(8-15(19)20)16-17-9-14(18-16)12-6-4-3-5-7-12/h3-7,9,11,13H,8,10H2,1-2H3,(H,17,18)/t13-/m1/s1. The Balaban J connectivity index is 1.80. The summed E-state index contributed by atoms with van der Waals surface area (Å²) >= 11 is 0. The molecule has 104 valence electrons. The highest BCUT2D eigenvalue weighted by Gasteiger charge is 2.33. The van der Waals surface area contributed by atoms with Crippen LogP contribution in [0.4, 0.5) is 0 Å². The maximum atomic E-state index is 12.0. The van der Waals surface area contributed by atoms with Crippen molar-refractivity contribution in [2.24, 2.45) is 0 Å². The second-order valence-corrected chi connectivity index (χ2v) is 5.59. The van der Waals surface area contributed by atoms with Gasteiger partial charge in [-0.15, -0.1) is 0 Å². The minimum absolute atomic E-state index is 0.183. The van der Waals surface area contributed by atoms with Crippen LogP contribution in [0.3, 0.4) is 0 Å². The van der Waals surface area contributed by atoms with E-state index in [9.17, 15) is 4.79 Å². The van der Waals surface area contributed by atoms with Gasteiger partial charge in [-0.1, -0.05) is 30.3 Å². The van der Waals surface area contributed by atoms with Gasteiger partial charge >= 0.3 is 0 Å². The average Bonchev–Trinajstić information content (AvgIpc) is 3.06. The molecule has 1 amide bonds. The Morgan fingerprint density at radius 3 is 2.70 bits per heavy atom. The van der Waals surface area contributed by atoms with E-state index in [4.69, 9.17) is 0 Å². The largest absolute Gasteiger partial charge is 0.342 e. The Kier molecular flexibility index (Phi) is 3.30. The topological polar surface area (TPSA) is 49.0 Å². The Morgan fingerprint density at radius 1 is 1.30 bits per heavy atom. The number of imidazole rings is 1. The Hall–Kier alpha value is -2.10. The Morgan fingerprint density at radius 2 is 2.05 bits per heavy atom. The van der Waals surface area contributed by atoms with Gasteiger partial charge in [0.1, 0.15) is 5.82 Å². The summed E-state index contributed by atoms with van der Waals surface area (Å²) in [7, 11) is 0. The van der Waals surface area contributed by atoms with Crippen LogP contribution in [0, 0.1) is 0 Å². The zero-order valence-corrected chi connectivity index (χ0v) is 11.8. The molecule has 3 rings (SSSR count). The van der Waals surface area contributed by atoms with Crippen molar-refractivity contribution in [2.75, 3.05) is 6.54 Å². The lowest BCUT2D eigenvalue weighted by Gasteiger charge is -2.20. The molecule has 2 heterocycles. The highest BCUT2D eigenvalue weighted by Crippen LogP contribution is 2.29. The summed E-state index contributed by atoms with van der Waals surface area (Å²) in [4.78, 5) is 21.7. The highest BCUT2D eigenvalue weighted by atomic mass is 16.2. The number of aromatic amines is 1. The van der Waals surface area contributed by atoms with E-state index in [1.165, 1.54) is 0 Å². The molecule has 1 fully saturated rings. The number of carbonyl (C=O) groups excluding carboxylic acids is 1. The number of H-pyrrole nitrogens is 1. The smallest absolute Gasteiger partial charge is 0.223 e. The summed E-state index contributed by atoms with van der Waals surface area (Å²) in [6, 6.07) is 10.4. The van der Waals surface area contributed by atoms with Crippen molar-refractivity contribution in [3.05, 3.63) is 42.4 Å². The molecule has 1 atom stereocenters. The number of rotatable bonds is 3. The first-order chi connectivity index (χ1) is 9.65. The van der Waals surface area contributed by atoms with Gasteiger partial charge < -0.3 is 9.88 Å². The number of amides is 1. The van der Waals surface area contributed by atoms with Gasteiger partial charge in [0.05, 0.1) is 11.9 Å². The number of benzene rings is 1. The van der Waals surface area contributed by atoms with Crippen molar-refractivity contribution in [1.29, 1.82) is 0 Å². The fourth-order valence-corrected chi connectivity index (χ4v) is 2.72. The lowest BCUT2D eigenvalue weighted by molar-refractivity contribution is -0.129. The van der Waals surface area contributed by atoms with Crippen LogP contribution >= 0.6 is 0 Å². The van der Waals surface area contributed by atoms with E-state index in [1.54, 1.807) is 0 Å². The van der Waals surface area contributed by atoms with Crippen LogP contribution in [0.5, 0.6) is 0 Å². The van der Waals surface area contributed by atoms with Crippen LogP contribution in [-0.2, 0) is 4.79 Å². The molecule has 2 aromatic rings. The fourth-order valence-electron chi connectivity index (χ4n) is 2.72. The average molecular weight is 269 g/mol. The van der Waals surface area contributed by atoms with Crippen molar-refractivity contribution in [1.82, 2.24) is 14.9 Å². The SMILES string of the molecule is CC(C)N1C[C@H](c2ncc(-c3ccccc3)[nH]2)CC1=O. The van der Waals surface area contributed by atoms with E-state index in [0.717, 1.165) is 23.6 Å². The van der Waals surface area contributed by atoms with Gasteiger partial charge in [0.25, 0.3) is 0 Å². The van der Waals surface area contributed by atoms with Crippen molar-refractivity contribution in [2.45, 2.75) is 32.2 Å². The molecule has 0 bridgehead atoms. The summed E-state index contributed by atoms with van der Waals surface area (Å²) in [5.41, 5.74) is 2.13. The van der Waals surface area contributed by atoms with E-state index in [2.05, 4.69) is 35.9 Å². The summed E-state index contributed by atoms with van der Waals surface area (Å²) in [6.07, 6.45) is 2.41. The Bertz CT molecular complexity index is 603. The number of carbonyl (C=O) groups is 1. The molecular formula is C16H19N3O. The van der Waals surface area contributed by atoms with Crippen LogP contribution < -0.4 is 0 Å². The van der Waals surface area contributed by atoms with Crippen LogP contribution in [0.25, 0.3) is 11.3 Å². The predicted octanol–water partition coefficient (Wildman–Crippen LogP) is 2.80.